The van der Waals surface area contributed by atoms with Crippen molar-refractivity contribution in [3.63, 3.8) is 0 Å². The minimum Gasteiger partial charge on any atom is -0.356 e. The Morgan fingerprint density at radius 3 is 2.41 bits per heavy atom. The molecule has 0 aromatic heterocycles. The Bertz CT molecular complexity index is 1180. The van der Waals surface area contributed by atoms with E-state index in [-0.39, 0.29) is 59.6 Å². The molecule has 0 radical (unpaired) electrons. The summed E-state index contributed by atoms with van der Waals surface area (Å²) in [6.07, 6.45) is 1.03. The molecule has 0 bridgehead atoms. The molecule has 2 saturated heterocycles. The largest absolute Gasteiger partial charge is 0.356 e. The summed E-state index contributed by atoms with van der Waals surface area (Å²) in [6.45, 7) is 12.9. The highest BCUT2D eigenvalue weighted by molar-refractivity contribution is 5.94. The quantitative estimate of drug-likeness (QED) is 0.469. The van der Waals surface area contributed by atoms with Gasteiger partial charge in [0.05, 0.1) is 12.5 Å². The van der Waals surface area contributed by atoms with Gasteiger partial charge in [-0.05, 0) is 48.0 Å². The molecule has 210 valence electrons. The zero-order valence-electron chi connectivity index (χ0n) is 23.8. The fourth-order valence-electron chi connectivity index (χ4n) is 6.29. The fraction of sp³-hybridized carbons (Fsp3) is 0.633. The van der Waals surface area contributed by atoms with Crippen LogP contribution in [0.4, 0.5) is 0 Å². The Morgan fingerprint density at radius 1 is 1.18 bits per heavy atom. The Balaban J connectivity index is 1.49. The number of piperidine rings is 1. The first-order valence-electron chi connectivity index (χ1n) is 13.9. The number of hydrogen-bond donors (Lipinski definition) is 3. The summed E-state index contributed by atoms with van der Waals surface area (Å²) in [5, 5.41) is 18.3. The van der Waals surface area contributed by atoms with E-state index in [9.17, 15) is 24.4 Å². The number of benzene rings is 1. The monoisotopic (exact) mass is 535 g/mol. The summed E-state index contributed by atoms with van der Waals surface area (Å²) in [5.74, 6) is -1.18. The average Bonchev–Trinajstić information content (AvgIpc) is 3.20. The summed E-state index contributed by atoms with van der Waals surface area (Å²) in [6, 6.07) is 7.45. The number of aryl methyl sites for hydroxylation is 1. The van der Waals surface area contributed by atoms with Gasteiger partial charge in [-0.15, -0.1) is 0 Å². The second-order valence-electron chi connectivity index (χ2n) is 13.1. The van der Waals surface area contributed by atoms with Crippen LogP contribution < -0.4 is 16.0 Å². The van der Waals surface area contributed by atoms with Crippen molar-refractivity contribution in [3.8, 4) is 6.07 Å². The van der Waals surface area contributed by atoms with E-state index >= 15 is 0 Å². The van der Waals surface area contributed by atoms with E-state index in [1.54, 1.807) is 4.90 Å². The van der Waals surface area contributed by atoms with Gasteiger partial charge in [-0.25, -0.2) is 0 Å². The molecule has 0 spiro atoms. The van der Waals surface area contributed by atoms with Gasteiger partial charge in [0.25, 0.3) is 0 Å². The smallest absolute Gasteiger partial charge is 0.246 e. The van der Waals surface area contributed by atoms with Gasteiger partial charge in [-0.2, -0.15) is 5.26 Å². The molecule has 1 aliphatic carbocycles. The molecule has 1 aromatic rings. The summed E-state index contributed by atoms with van der Waals surface area (Å²) >= 11 is 0. The lowest BCUT2D eigenvalue weighted by molar-refractivity contribution is -0.145. The molecule has 3 N–H and O–H groups in total. The standard InChI is InChI=1S/C30H41N5O4/c1-17-7-9-18(10-8-17)13-22(36)34-25(29(2,3)4)28(39)35-16-21-23(30(21,5)6)24(35)27(38)33-20(15-31)14-19-11-12-32-26(19)37/h7-10,19-21,23-25H,11-14,16H2,1-6H3,(H,32,37)(H,33,38)(H,34,36)/t19-,20-,21-,23-,24-,25+/m0/s1. The van der Waals surface area contributed by atoms with E-state index in [4.69, 9.17) is 0 Å². The molecular formula is C30H41N5O4. The van der Waals surface area contributed by atoms with Crippen LogP contribution in [0.2, 0.25) is 0 Å². The first kappa shape index (κ1) is 28.6. The van der Waals surface area contributed by atoms with E-state index in [2.05, 4.69) is 35.9 Å². The lowest BCUT2D eigenvalue weighted by Crippen LogP contribution is -2.60. The molecule has 39 heavy (non-hydrogen) atoms. The van der Waals surface area contributed by atoms with Gasteiger partial charge < -0.3 is 20.9 Å². The summed E-state index contributed by atoms with van der Waals surface area (Å²) in [7, 11) is 0. The van der Waals surface area contributed by atoms with Crippen molar-refractivity contribution in [1.29, 1.82) is 5.26 Å². The Morgan fingerprint density at radius 2 is 1.85 bits per heavy atom. The van der Waals surface area contributed by atoms with Crippen LogP contribution in [0.15, 0.2) is 24.3 Å². The van der Waals surface area contributed by atoms with Crippen molar-refractivity contribution in [2.24, 2.45) is 28.6 Å². The van der Waals surface area contributed by atoms with Gasteiger partial charge >= 0.3 is 0 Å². The Kier molecular flexibility index (Phi) is 7.79. The highest BCUT2D eigenvalue weighted by Gasteiger charge is 2.69. The van der Waals surface area contributed by atoms with Crippen LogP contribution >= 0.6 is 0 Å². The number of carbonyl (C=O) groups excluding carboxylic acids is 4. The topological polar surface area (TPSA) is 131 Å². The lowest BCUT2D eigenvalue weighted by atomic mass is 9.85. The van der Waals surface area contributed by atoms with Gasteiger partial charge in [0.2, 0.25) is 23.6 Å². The molecule has 6 atom stereocenters. The third-order valence-electron chi connectivity index (χ3n) is 8.82. The van der Waals surface area contributed by atoms with Crippen LogP contribution in [0, 0.1) is 46.8 Å². The number of rotatable bonds is 8. The maximum absolute atomic E-state index is 14.0. The second-order valence-corrected chi connectivity index (χ2v) is 13.1. The molecular weight excluding hydrogens is 494 g/mol. The number of nitrogens with one attached hydrogen (secondary N) is 3. The van der Waals surface area contributed by atoms with Crippen molar-refractivity contribution >= 4 is 23.6 Å². The zero-order chi connectivity index (χ0) is 28.7. The maximum atomic E-state index is 14.0. The number of nitriles is 1. The van der Waals surface area contributed by atoms with Gasteiger partial charge in [0.15, 0.2) is 0 Å². The van der Waals surface area contributed by atoms with E-state index in [0.29, 0.717) is 19.5 Å². The van der Waals surface area contributed by atoms with Crippen molar-refractivity contribution in [2.75, 3.05) is 13.1 Å². The number of fused-ring (bicyclic) bond motifs is 1. The van der Waals surface area contributed by atoms with Crippen LogP contribution in [-0.2, 0) is 25.6 Å². The zero-order valence-corrected chi connectivity index (χ0v) is 23.8. The van der Waals surface area contributed by atoms with E-state index in [0.717, 1.165) is 11.1 Å². The second kappa shape index (κ2) is 10.6. The molecule has 4 amide bonds. The van der Waals surface area contributed by atoms with Gasteiger partial charge in [0.1, 0.15) is 18.1 Å². The number of amides is 4. The normalized spacial score (nSPS) is 26.6. The van der Waals surface area contributed by atoms with Gasteiger partial charge in [-0.1, -0.05) is 64.4 Å². The molecule has 2 heterocycles. The van der Waals surface area contributed by atoms with Crippen molar-refractivity contribution in [2.45, 2.75) is 78.9 Å². The van der Waals surface area contributed by atoms with Crippen molar-refractivity contribution in [3.05, 3.63) is 35.4 Å². The van der Waals surface area contributed by atoms with Crippen LogP contribution in [0.25, 0.3) is 0 Å². The SMILES string of the molecule is Cc1ccc(CC(=O)N[C@H](C(=O)N2C[C@H]3[C@@H]([C@H]2C(=O)N[C@H](C#N)C[C@@H]2CCNC2=O)C3(C)C)C(C)(C)C)cc1. The van der Waals surface area contributed by atoms with Crippen LogP contribution in [0.1, 0.15) is 58.6 Å². The molecule has 1 aromatic carbocycles. The number of hydrogen-bond acceptors (Lipinski definition) is 5. The molecule has 3 aliphatic rings. The van der Waals surface area contributed by atoms with Crippen LogP contribution in [-0.4, -0.2) is 59.7 Å². The first-order valence-corrected chi connectivity index (χ1v) is 13.9. The summed E-state index contributed by atoms with van der Waals surface area (Å²) < 4.78 is 0. The van der Waals surface area contributed by atoms with Crippen molar-refractivity contribution in [1.82, 2.24) is 20.9 Å². The molecule has 4 rings (SSSR count). The van der Waals surface area contributed by atoms with Crippen LogP contribution in [0.5, 0.6) is 0 Å². The van der Waals surface area contributed by atoms with E-state index in [1.165, 1.54) is 0 Å². The third-order valence-corrected chi connectivity index (χ3v) is 8.82. The Hall–Kier alpha value is -3.41. The maximum Gasteiger partial charge on any atom is 0.246 e. The highest BCUT2D eigenvalue weighted by atomic mass is 16.2. The molecule has 0 unspecified atom stereocenters. The summed E-state index contributed by atoms with van der Waals surface area (Å²) in [4.78, 5) is 54.3. The predicted molar refractivity (Wildman–Crippen MR) is 146 cm³/mol. The number of likely N-dealkylation sites (tertiary alicyclic amines) is 1. The predicted octanol–water partition coefficient (Wildman–Crippen LogP) is 2.09. The molecule has 9 heteroatoms. The van der Waals surface area contributed by atoms with Crippen LogP contribution in [0.3, 0.4) is 0 Å². The minimum atomic E-state index is -0.822. The van der Waals surface area contributed by atoms with E-state index in [1.807, 2.05) is 52.0 Å². The lowest BCUT2D eigenvalue weighted by Gasteiger charge is -2.37. The number of carbonyl (C=O) groups is 4. The number of nitrogens with zero attached hydrogens (tertiary/aromatic N) is 2. The molecule has 2 aliphatic heterocycles. The molecule has 1 saturated carbocycles. The average molecular weight is 536 g/mol. The molecule has 9 nitrogen and oxygen atoms in total. The highest BCUT2D eigenvalue weighted by Crippen LogP contribution is 2.65. The third kappa shape index (κ3) is 5.95. The van der Waals surface area contributed by atoms with Gasteiger partial charge in [0, 0.05) is 19.0 Å². The minimum absolute atomic E-state index is 0.0283. The van der Waals surface area contributed by atoms with E-state index < -0.39 is 23.5 Å². The summed E-state index contributed by atoms with van der Waals surface area (Å²) in [5.41, 5.74) is 1.28. The fourth-order valence-corrected chi connectivity index (χ4v) is 6.29. The van der Waals surface area contributed by atoms with Gasteiger partial charge in [-0.3, -0.25) is 19.2 Å². The Labute approximate surface area is 231 Å². The van der Waals surface area contributed by atoms with Crippen molar-refractivity contribution < 1.29 is 19.2 Å². The molecule has 3 fully saturated rings. The first-order chi connectivity index (χ1) is 18.2.